The van der Waals surface area contributed by atoms with Crippen molar-refractivity contribution in [1.29, 1.82) is 0 Å². The van der Waals surface area contributed by atoms with Crippen molar-refractivity contribution in [2.45, 2.75) is 5.25 Å². The Morgan fingerprint density at radius 3 is 2.29 bits per heavy atom. The fourth-order valence-electron chi connectivity index (χ4n) is 0.139. The Morgan fingerprint density at radius 1 is 1.57 bits per heavy atom. The summed E-state index contributed by atoms with van der Waals surface area (Å²) in [5.41, 5.74) is 0. The lowest BCUT2D eigenvalue weighted by atomic mass is 10.6. The Morgan fingerprint density at radius 2 is 2.14 bits per heavy atom. The summed E-state index contributed by atoms with van der Waals surface area (Å²) in [5, 5.41) is 0.394. The van der Waals surface area contributed by atoms with E-state index in [1.54, 1.807) is 0 Å². The SMILES string of the molecule is SCC(S)CSS. The maximum Gasteiger partial charge on any atom is 0.0204 e. The van der Waals surface area contributed by atoms with Crippen LogP contribution in [0.2, 0.25) is 0 Å². The van der Waals surface area contributed by atoms with Crippen LogP contribution >= 0.6 is 47.7 Å². The van der Waals surface area contributed by atoms with Gasteiger partial charge in [0.05, 0.1) is 0 Å². The highest BCUT2D eigenvalue weighted by Gasteiger charge is 1.95. The van der Waals surface area contributed by atoms with Gasteiger partial charge in [0.2, 0.25) is 0 Å². The summed E-state index contributed by atoms with van der Waals surface area (Å²) < 4.78 is 0. The van der Waals surface area contributed by atoms with Crippen molar-refractivity contribution in [3.05, 3.63) is 0 Å². The lowest BCUT2D eigenvalue weighted by Crippen LogP contribution is -2.01. The van der Waals surface area contributed by atoms with Crippen molar-refractivity contribution < 1.29 is 0 Å². The molecule has 0 aromatic rings. The number of thiol groups is 3. The number of hydrogen-bond donors (Lipinski definition) is 3. The molecule has 0 aromatic heterocycles. The zero-order chi connectivity index (χ0) is 5.70. The smallest absolute Gasteiger partial charge is 0.0204 e. The zero-order valence-corrected chi connectivity index (χ0v) is 7.24. The van der Waals surface area contributed by atoms with Gasteiger partial charge in [-0.1, -0.05) is 10.8 Å². The van der Waals surface area contributed by atoms with Crippen LogP contribution in [0.4, 0.5) is 0 Å². The number of rotatable bonds is 3. The van der Waals surface area contributed by atoms with Crippen molar-refractivity contribution >= 4 is 47.7 Å². The van der Waals surface area contributed by atoms with Gasteiger partial charge in [-0.15, -0.1) is 11.7 Å². The highest BCUT2D eigenvalue weighted by molar-refractivity contribution is 8.68. The molecule has 0 amide bonds. The predicted molar refractivity (Wildman–Crippen MR) is 48.1 cm³/mol. The molecular formula is C3H8S4. The minimum absolute atomic E-state index is 0.394. The fraction of sp³-hybridized carbons (Fsp3) is 1.00. The average molecular weight is 172 g/mol. The van der Waals surface area contributed by atoms with Gasteiger partial charge in [-0.25, -0.2) is 0 Å². The minimum atomic E-state index is 0.394. The molecule has 0 bridgehead atoms. The van der Waals surface area contributed by atoms with Crippen molar-refractivity contribution in [2.75, 3.05) is 11.5 Å². The molecule has 0 aliphatic carbocycles. The van der Waals surface area contributed by atoms with E-state index in [1.807, 2.05) is 0 Å². The van der Waals surface area contributed by atoms with Crippen LogP contribution < -0.4 is 0 Å². The second-order valence-electron chi connectivity index (χ2n) is 1.13. The summed E-state index contributed by atoms with van der Waals surface area (Å²) in [5.74, 6) is 1.80. The van der Waals surface area contributed by atoms with Crippen molar-refractivity contribution in [3.8, 4) is 0 Å². The Hall–Kier alpha value is 1.40. The Balaban J connectivity index is 2.83. The minimum Gasteiger partial charge on any atom is -0.178 e. The normalized spacial score (nSPS) is 14.1. The molecule has 0 spiro atoms. The van der Waals surface area contributed by atoms with E-state index in [-0.39, 0.29) is 0 Å². The van der Waals surface area contributed by atoms with E-state index in [0.717, 1.165) is 11.5 Å². The van der Waals surface area contributed by atoms with Gasteiger partial charge in [0.15, 0.2) is 0 Å². The van der Waals surface area contributed by atoms with Crippen LogP contribution in [0.15, 0.2) is 0 Å². The average Bonchev–Trinajstić information content (AvgIpc) is 1.68. The molecule has 0 nitrogen and oxygen atoms in total. The zero-order valence-electron chi connectivity index (χ0n) is 3.74. The van der Waals surface area contributed by atoms with Gasteiger partial charge in [-0.3, -0.25) is 0 Å². The van der Waals surface area contributed by atoms with Gasteiger partial charge < -0.3 is 0 Å². The molecule has 1 atom stereocenters. The van der Waals surface area contributed by atoms with Gasteiger partial charge >= 0.3 is 0 Å². The quantitative estimate of drug-likeness (QED) is 0.431. The molecule has 0 aromatic carbocycles. The molecule has 0 heterocycles. The van der Waals surface area contributed by atoms with E-state index in [4.69, 9.17) is 0 Å². The summed E-state index contributed by atoms with van der Waals surface area (Å²) >= 11 is 12.1. The predicted octanol–water partition coefficient (Wildman–Crippen LogP) is 1.79. The van der Waals surface area contributed by atoms with E-state index in [0.29, 0.717) is 5.25 Å². The second kappa shape index (κ2) is 5.54. The van der Waals surface area contributed by atoms with Gasteiger partial charge in [0, 0.05) is 16.8 Å². The molecular weight excluding hydrogens is 164 g/mol. The molecule has 0 fully saturated rings. The molecule has 4 heteroatoms. The summed E-state index contributed by atoms with van der Waals surface area (Å²) in [4.78, 5) is 0. The van der Waals surface area contributed by atoms with Crippen LogP contribution in [0.3, 0.4) is 0 Å². The summed E-state index contributed by atoms with van der Waals surface area (Å²) in [6.45, 7) is 0. The molecule has 0 saturated heterocycles. The van der Waals surface area contributed by atoms with Crippen LogP contribution in [0, 0.1) is 0 Å². The second-order valence-corrected chi connectivity index (χ2v) is 3.59. The maximum atomic E-state index is 4.16. The van der Waals surface area contributed by atoms with Gasteiger partial charge in [0.1, 0.15) is 0 Å². The molecule has 7 heavy (non-hydrogen) atoms. The first-order chi connectivity index (χ1) is 3.31. The Bertz CT molecular complexity index is 37.9. The first kappa shape index (κ1) is 8.40. The maximum absolute atomic E-state index is 4.16. The molecule has 0 N–H and O–H groups in total. The van der Waals surface area contributed by atoms with Gasteiger partial charge in [0.25, 0.3) is 0 Å². The van der Waals surface area contributed by atoms with E-state index >= 15 is 0 Å². The molecule has 0 aliphatic rings. The molecule has 0 rings (SSSR count). The van der Waals surface area contributed by atoms with Crippen LogP contribution in [0.1, 0.15) is 0 Å². The topological polar surface area (TPSA) is 0 Å². The molecule has 0 radical (unpaired) electrons. The molecule has 1 unspecified atom stereocenters. The van der Waals surface area contributed by atoms with Crippen LogP contribution in [-0.4, -0.2) is 16.8 Å². The van der Waals surface area contributed by atoms with Gasteiger partial charge in [-0.2, -0.15) is 25.3 Å². The third kappa shape index (κ3) is 5.27. The van der Waals surface area contributed by atoms with Crippen molar-refractivity contribution in [1.82, 2.24) is 0 Å². The van der Waals surface area contributed by atoms with E-state index in [1.165, 1.54) is 10.8 Å². The van der Waals surface area contributed by atoms with E-state index in [9.17, 15) is 0 Å². The van der Waals surface area contributed by atoms with Crippen LogP contribution in [0.25, 0.3) is 0 Å². The van der Waals surface area contributed by atoms with Crippen molar-refractivity contribution in [3.63, 3.8) is 0 Å². The monoisotopic (exact) mass is 172 g/mol. The largest absolute Gasteiger partial charge is 0.178 e. The lowest BCUT2D eigenvalue weighted by molar-refractivity contribution is 1.17. The summed E-state index contributed by atoms with van der Waals surface area (Å²) in [6.07, 6.45) is 0. The molecule has 0 aliphatic heterocycles. The Labute approximate surface area is 64.5 Å². The lowest BCUT2D eigenvalue weighted by Gasteiger charge is -2.00. The van der Waals surface area contributed by atoms with Gasteiger partial charge in [-0.05, 0) is 0 Å². The molecule has 44 valence electrons. The first-order valence-corrected chi connectivity index (χ1v) is 5.05. The highest BCUT2D eigenvalue weighted by Crippen LogP contribution is 2.11. The first-order valence-electron chi connectivity index (χ1n) is 1.86. The highest BCUT2D eigenvalue weighted by atomic mass is 33.1. The van der Waals surface area contributed by atoms with Crippen LogP contribution in [0.5, 0.6) is 0 Å². The Kier molecular flexibility index (Phi) is 6.64. The third-order valence-electron chi connectivity index (χ3n) is 0.478. The van der Waals surface area contributed by atoms with E-state index in [2.05, 4.69) is 36.9 Å². The standard InChI is InChI=1S/C3H8S4/c4-1-3(5)2-7-6/h3-6H,1-2H2. The van der Waals surface area contributed by atoms with Crippen molar-refractivity contribution in [2.24, 2.45) is 0 Å². The summed E-state index contributed by atoms with van der Waals surface area (Å²) in [7, 11) is 1.50. The fourth-order valence-corrected chi connectivity index (χ4v) is 1.85. The van der Waals surface area contributed by atoms with Crippen LogP contribution in [-0.2, 0) is 0 Å². The van der Waals surface area contributed by atoms with E-state index < -0.39 is 0 Å². The summed E-state index contributed by atoms with van der Waals surface area (Å²) in [6, 6.07) is 0. The third-order valence-corrected chi connectivity index (χ3v) is 2.82. The molecule has 0 saturated carbocycles. The number of hydrogen-bond acceptors (Lipinski definition) is 4.